The van der Waals surface area contributed by atoms with Crippen LogP contribution < -0.4 is 15.8 Å². The van der Waals surface area contributed by atoms with Crippen molar-refractivity contribution < 1.29 is 4.74 Å². The Morgan fingerprint density at radius 2 is 2.24 bits per heavy atom. The smallest absolute Gasteiger partial charge is 0.203 e. The summed E-state index contributed by atoms with van der Waals surface area (Å²) in [4.78, 5) is 13.3. The van der Waals surface area contributed by atoms with Crippen molar-refractivity contribution in [1.29, 1.82) is 0 Å². The largest absolute Gasteiger partial charge is 0.490 e. The van der Waals surface area contributed by atoms with Gasteiger partial charge in [-0.1, -0.05) is 0 Å². The molecule has 0 bridgehead atoms. The number of aromatic nitrogens is 3. The van der Waals surface area contributed by atoms with Gasteiger partial charge >= 0.3 is 0 Å². The number of nitrogen functional groups attached to an aromatic ring is 1. The lowest BCUT2D eigenvalue weighted by Gasteiger charge is -2.10. The molecular weight excluding hydrogens is 238 g/mol. The molecule has 0 saturated heterocycles. The van der Waals surface area contributed by atoms with E-state index in [0.717, 1.165) is 10.6 Å². The van der Waals surface area contributed by atoms with Crippen molar-refractivity contribution >= 4 is 23.0 Å². The number of thiazole rings is 1. The molecule has 2 heterocycles. The first-order chi connectivity index (χ1) is 8.22. The van der Waals surface area contributed by atoms with Gasteiger partial charge in [-0.25, -0.2) is 15.0 Å². The van der Waals surface area contributed by atoms with E-state index in [-0.39, 0.29) is 0 Å². The molecule has 2 rings (SSSR count). The topological polar surface area (TPSA) is 86.0 Å². The molecule has 3 N–H and O–H groups in total. The molecule has 0 unspecified atom stereocenters. The third-order valence-electron chi connectivity index (χ3n) is 2.30. The van der Waals surface area contributed by atoms with Gasteiger partial charge in [-0.15, -0.1) is 11.3 Å². The van der Waals surface area contributed by atoms with Crippen LogP contribution in [0.25, 0.3) is 0 Å². The van der Waals surface area contributed by atoms with Crippen molar-refractivity contribution in [1.82, 2.24) is 15.0 Å². The maximum atomic E-state index is 5.68. The molecule has 90 valence electrons. The van der Waals surface area contributed by atoms with Crippen LogP contribution in [0.2, 0.25) is 0 Å². The van der Waals surface area contributed by atoms with Crippen LogP contribution in [0.1, 0.15) is 10.6 Å². The van der Waals surface area contributed by atoms with E-state index in [2.05, 4.69) is 20.3 Å². The monoisotopic (exact) mass is 251 g/mol. The summed E-state index contributed by atoms with van der Waals surface area (Å²) in [5.74, 6) is 1.38. The minimum absolute atomic E-state index is 0.325. The molecule has 0 spiro atoms. The highest BCUT2D eigenvalue weighted by molar-refractivity contribution is 7.09. The van der Waals surface area contributed by atoms with E-state index in [9.17, 15) is 0 Å². The van der Waals surface area contributed by atoms with Crippen LogP contribution in [0.5, 0.6) is 5.75 Å². The van der Waals surface area contributed by atoms with Gasteiger partial charge in [0.1, 0.15) is 6.33 Å². The van der Waals surface area contributed by atoms with Crippen LogP contribution in [-0.4, -0.2) is 22.1 Å². The lowest BCUT2D eigenvalue weighted by atomic mass is 10.4. The summed E-state index contributed by atoms with van der Waals surface area (Å²) in [5, 5.41) is 3.16. The lowest BCUT2D eigenvalue weighted by Crippen LogP contribution is -2.06. The van der Waals surface area contributed by atoms with Crippen LogP contribution in [0.3, 0.4) is 0 Å². The fourth-order valence-corrected chi connectivity index (χ4v) is 2.09. The zero-order chi connectivity index (χ0) is 12.3. The zero-order valence-corrected chi connectivity index (χ0v) is 10.4. The molecule has 0 radical (unpaired) electrons. The number of nitrogens with zero attached hydrogens (tertiary/aromatic N) is 3. The second-order valence-corrected chi connectivity index (χ2v) is 4.29. The zero-order valence-electron chi connectivity index (χ0n) is 9.60. The normalized spacial score (nSPS) is 10.2. The third-order valence-corrected chi connectivity index (χ3v) is 3.23. The van der Waals surface area contributed by atoms with E-state index in [0.29, 0.717) is 23.9 Å². The molecular formula is C10H13N5OS. The fraction of sp³-hybridized carbons (Fsp3) is 0.300. The fourth-order valence-electron chi connectivity index (χ4n) is 1.37. The number of nitrogens with one attached hydrogen (secondary N) is 1. The molecule has 0 aromatic carbocycles. The highest BCUT2D eigenvalue weighted by Gasteiger charge is 2.10. The highest BCUT2D eigenvalue weighted by Crippen LogP contribution is 2.27. The van der Waals surface area contributed by atoms with Crippen LogP contribution in [0, 0.1) is 6.92 Å². The summed E-state index contributed by atoms with van der Waals surface area (Å²) < 4.78 is 5.15. The van der Waals surface area contributed by atoms with E-state index >= 15 is 0 Å². The molecule has 0 aliphatic rings. The van der Waals surface area contributed by atoms with E-state index in [1.807, 2.05) is 12.4 Å². The maximum Gasteiger partial charge on any atom is 0.203 e. The quantitative estimate of drug-likeness (QED) is 0.855. The summed E-state index contributed by atoms with van der Waals surface area (Å²) in [6, 6.07) is 0. The number of anilines is 2. The minimum Gasteiger partial charge on any atom is -0.490 e. The third kappa shape index (κ3) is 2.44. The SMILES string of the molecule is COc1c(N)ncnc1NCc1scnc1C. The Morgan fingerprint density at radius 1 is 1.41 bits per heavy atom. The molecule has 17 heavy (non-hydrogen) atoms. The van der Waals surface area contributed by atoms with Crippen molar-refractivity contribution in [2.45, 2.75) is 13.5 Å². The molecule has 0 saturated carbocycles. The summed E-state index contributed by atoms with van der Waals surface area (Å²) >= 11 is 1.60. The Balaban J connectivity index is 2.14. The van der Waals surface area contributed by atoms with Gasteiger partial charge in [0, 0.05) is 4.88 Å². The van der Waals surface area contributed by atoms with Crippen molar-refractivity contribution in [2.75, 3.05) is 18.2 Å². The summed E-state index contributed by atoms with van der Waals surface area (Å²) in [6.45, 7) is 2.61. The molecule has 0 atom stereocenters. The Bertz CT molecular complexity index is 513. The van der Waals surface area contributed by atoms with Gasteiger partial charge in [-0.2, -0.15) is 0 Å². The van der Waals surface area contributed by atoms with Crippen molar-refractivity contribution in [2.24, 2.45) is 0 Å². The second kappa shape index (κ2) is 4.96. The van der Waals surface area contributed by atoms with Gasteiger partial charge < -0.3 is 15.8 Å². The molecule has 6 nitrogen and oxygen atoms in total. The summed E-state index contributed by atoms with van der Waals surface area (Å²) in [7, 11) is 1.54. The number of hydrogen-bond donors (Lipinski definition) is 2. The van der Waals surface area contributed by atoms with Gasteiger partial charge in [-0.05, 0) is 6.92 Å². The van der Waals surface area contributed by atoms with Crippen molar-refractivity contribution in [3.05, 3.63) is 22.4 Å². The molecule has 2 aromatic rings. The lowest BCUT2D eigenvalue weighted by molar-refractivity contribution is 0.415. The first kappa shape index (κ1) is 11.6. The molecule has 0 fully saturated rings. The molecule has 0 amide bonds. The maximum absolute atomic E-state index is 5.68. The van der Waals surface area contributed by atoms with Crippen molar-refractivity contribution in [3.63, 3.8) is 0 Å². The predicted molar refractivity (Wildman–Crippen MR) is 67.2 cm³/mol. The van der Waals surface area contributed by atoms with E-state index in [1.165, 1.54) is 13.4 Å². The number of ether oxygens (including phenoxy) is 1. The summed E-state index contributed by atoms with van der Waals surface area (Å²) in [5.41, 5.74) is 8.52. The van der Waals surface area contributed by atoms with Crippen LogP contribution >= 0.6 is 11.3 Å². The van der Waals surface area contributed by atoms with Gasteiger partial charge in [-0.3, -0.25) is 0 Å². The Hall–Kier alpha value is -1.89. The van der Waals surface area contributed by atoms with Gasteiger partial charge in [0.25, 0.3) is 0 Å². The highest BCUT2D eigenvalue weighted by atomic mass is 32.1. The van der Waals surface area contributed by atoms with Gasteiger partial charge in [0.05, 0.1) is 24.9 Å². The van der Waals surface area contributed by atoms with Crippen LogP contribution in [0.15, 0.2) is 11.8 Å². The first-order valence-corrected chi connectivity index (χ1v) is 5.87. The number of hydrogen-bond acceptors (Lipinski definition) is 7. The standard InChI is InChI=1S/C10H13N5OS/c1-6-7(17-5-15-6)3-12-10-8(16-2)9(11)13-4-14-10/h4-5H,3H2,1-2H3,(H3,11,12,13,14). The van der Waals surface area contributed by atoms with Crippen LogP contribution in [-0.2, 0) is 6.54 Å². The molecule has 0 aliphatic heterocycles. The number of methoxy groups -OCH3 is 1. The number of rotatable bonds is 4. The average molecular weight is 251 g/mol. The number of aryl methyl sites for hydroxylation is 1. The second-order valence-electron chi connectivity index (χ2n) is 3.36. The Kier molecular flexibility index (Phi) is 3.38. The van der Waals surface area contributed by atoms with E-state index in [1.54, 1.807) is 11.3 Å². The van der Waals surface area contributed by atoms with E-state index < -0.39 is 0 Å². The Labute approximate surface area is 103 Å². The molecule has 7 heteroatoms. The minimum atomic E-state index is 0.325. The van der Waals surface area contributed by atoms with Crippen molar-refractivity contribution in [3.8, 4) is 5.75 Å². The summed E-state index contributed by atoms with van der Waals surface area (Å²) in [6.07, 6.45) is 1.40. The average Bonchev–Trinajstić information content (AvgIpc) is 2.72. The van der Waals surface area contributed by atoms with Gasteiger partial charge in [0.2, 0.25) is 5.75 Å². The Morgan fingerprint density at radius 3 is 2.88 bits per heavy atom. The predicted octanol–water partition coefficient (Wildman–Crippen LogP) is 1.44. The first-order valence-electron chi connectivity index (χ1n) is 4.99. The molecule has 0 aliphatic carbocycles. The molecule has 2 aromatic heterocycles. The van der Waals surface area contributed by atoms with Gasteiger partial charge in [0.15, 0.2) is 11.6 Å². The van der Waals surface area contributed by atoms with E-state index in [4.69, 9.17) is 10.5 Å². The van der Waals surface area contributed by atoms with Crippen LogP contribution in [0.4, 0.5) is 11.6 Å². The number of nitrogens with two attached hydrogens (primary N) is 1.